The highest BCUT2D eigenvalue weighted by Gasteiger charge is 2.18. The second kappa shape index (κ2) is 6.41. The van der Waals surface area contributed by atoms with Gasteiger partial charge in [-0.1, -0.05) is 15.9 Å². The van der Waals surface area contributed by atoms with Crippen molar-refractivity contribution in [3.05, 3.63) is 40.5 Å². The largest absolute Gasteiger partial charge is 0.481 e. The number of carbonyl (C=O) groups is 1. The molecule has 2 aromatic rings. The number of hydrogen-bond donors (Lipinski definition) is 1. The van der Waals surface area contributed by atoms with Gasteiger partial charge < -0.3 is 10.1 Å². The van der Waals surface area contributed by atoms with Crippen LogP contribution in [0.1, 0.15) is 12.5 Å². The second-order valence-corrected chi connectivity index (χ2v) is 5.26. The first kappa shape index (κ1) is 15.1. The molecule has 1 aromatic carbocycles. The minimum atomic E-state index is -0.701. The molecule has 21 heavy (non-hydrogen) atoms. The molecule has 0 aliphatic rings. The van der Waals surface area contributed by atoms with Gasteiger partial charge in [-0.05, 0) is 31.2 Å². The van der Waals surface area contributed by atoms with E-state index in [2.05, 4.69) is 26.3 Å². The van der Waals surface area contributed by atoms with Crippen molar-refractivity contribution in [1.29, 1.82) is 5.26 Å². The van der Waals surface area contributed by atoms with E-state index >= 15 is 0 Å². The molecule has 7 heteroatoms. The minimum absolute atomic E-state index is 0.307. The van der Waals surface area contributed by atoms with E-state index in [4.69, 9.17) is 10.00 Å². The molecule has 2 rings (SSSR count). The second-order valence-electron chi connectivity index (χ2n) is 4.35. The lowest BCUT2D eigenvalue weighted by molar-refractivity contribution is -0.122. The van der Waals surface area contributed by atoms with Gasteiger partial charge in [0.2, 0.25) is 0 Å². The number of ether oxygens (including phenoxy) is 1. The summed E-state index contributed by atoms with van der Waals surface area (Å²) in [5.41, 5.74) is 0.307. The normalized spacial score (nSPS) is 11.5. The molecule has 0 bridgehead atoms. The van der Waals surface area contributed by atoms with Gasteiger partial charge >= 0.3 is 0 Å². The van der Waals surface area contributed by atoms with Crippen LogP contribution in [-0.2, 0) is 11.8 Å². The Morgan fingerprint density at radius 2 is 2.14 bits per heavy atom. The minimum Gasteiger partial charge on any atom is -0.481 e. The number of aryl methyl sites for hydroxylation is 1. The average molecular weight is 349 g/mol. The average Bonchev–Trinajstić information content (AvgIpc) is 2.82. The lowest BCUT2D eigenvalue weighted by Crippen LogP contribution is -2.31. The van der Waals surface area contributed by atoms with Gasteiger partial charge in [0.15, 0.2) is 6.10 Å². The lowest BCUT2D eigenvalue weighted by Gasteiger charge is -2.15. The molecule has 0 aliphatic carbocycles. The molecule has 108 valence electrons. The van der Waals surface area contributed by atoms with Gasteiger partial charge in [-0.25, -0.2) is 0 Å². The zero-order valence-corrected chi connectivity index (χ0v) is 13.1. The van der Waals surface area contributed by atoms with Crippen LogP contribution >= 0.6 is 15.9 Å². The fourth-order valence-electron chi connectivity index (χ4n) is 1.66. The van der Waals surface area contributed by atoms with Crippen molar-refractivity contribution in [2.45, 2.75) is 13.0 Å². The van der Waals surface area contributed by atoms with Gasteiger partial charge in [-0.3, -0.25) is 9.48 Å². The summed E-state index contributed by atoms with van der Waals surface area (Å²) in [6.45, 7) is 1.64. The van der Waals surface area contributed by atoms with Crippen LogP contribution in [0.2, 0.25) is 0 Å². The Morgan fingerprint density at radius 3 is 2.76 bits per heavy atom. The van der Waals surface area contributed by atoms with E-state index in [-0.39, 0.29) is 5.91 Å². The summed E-state index contributed by atoms with van der Waals surface area (Å²) in [4.78, 5) is 12.1. The predicted octanol–water partition coefficient (Wildman–Crippen LogP) is 2.46. The summed E-state index contributed by atoms with van der Waals surface area (Å²) in [5, 5.41) is 15.5. The number of anilines is 1. The SMILES string of the molecule is CC(Oc1ccc(Br)cc1)C(=O)Nc1c(C#N)cnn1C. The quantitative estimate of drug-likeness (QED) is 0.920. The number of aromatic nitrogens is 2. The number of rotatable bonds is 4. The van der Waals surface area contributed by atoms with Gasteiger partial charge in [-0.15, -0.1) is 0 Å². The lowest BCUT2D eigenvalue weighted by atomic mass is 10.3. The number of nitriles is 1. The molecule has 0 fully saturated rings. The molecule has 0 aliphatic heterocycles. The van der Waals surface area contributed by atoms with E-state index in [0.29, 0.717) is 17.1 Å². The Kier molecular flexibility index (Phi) is 4.60. The summed E-state index contributed by atoms with van der Waals surface area (Å²) in [6, 6.07) is 9.15. The van der Waals surface area contributed by atoms with Crippen LogP contribution in [0.5, 0.6) is 5.75 Å². The van der Waals surface area contributed by atoms with E-state index in [1.807, 2.05) is 18.2 Å². The maximum atomic E-state index is 12.1. The van der Waals surface area contributed by atoms with Crippen molar-refractivity contribution in [2.75, 3.05) is 5.32 Å². The summed E-state index contributed by atoms with van der Waals surface area (Å²) >= 11 is 3.33. The van der Waals surface area contributed by atoms with Crippen molar-refractivity contribution < 1.29 is 9.53 Å². The van der Waals surface area contributed by atoms with E-state index < -0.39 is 6.10 Å². The zero-order valence-electron chi connectivity index (χ0n) is 11.5. The monoisotopic (exact) mass is 348 g/mol. The number of hydrogen-bond acceptors (Lipinski definition) is 4. The zero-order chi connectivity index (χ0) is 15.4. The van der Waals surface area contributed by atoms with E-state index in [9.17, 15) is 4.79 Å². The number of halogens is 1. The maximum Gasteiger partial charge on any atom is 0.266 e. The highest BCUT2D eigenvalue weighted by atomic mass is 79.9. The predicted molar refractivity (Wildman–Crippen MR) is 80.8 cm³/mol. The standard InChI is InChI=1S/C14H13BrN4O2/c1-9(21-12-5-3-11(15)4-6-12)14(20)18-13-10(7-16)8-17-19(13)2/h3-6,8-9H,1-2H3,(H,18,20). The number of nitrogens with one attached hydrogen (secondary N) is 1. The topological polar surface area (TPSA) is 79.9 Å². The molecule has 1 aromatic heterocycles. The van der Waals surface area contributed by atoms with Gasteiger partial charge in [-0.2, -0.15) is 10.4 Å². The summed E-state index contributed by atoms with van der Waals surface area (Å²) < 4.78 is 7.91. The van der Waals surface area contributed by atoms with E-state index in [0.717, 1.165) is 4.47 Å². The molecule has 1 heterocycles. The smallest absolute Gasteiger partial charge is 0.266 e. The van der Waals surface area contributed by atoms with Crippen LogP contribution in [0.3, 0.4) is 0 Å². The maximum absolute atomic E-state index is 12.1. The van der Waals surface area contributed by atoms with Crippen LogP contribution in [0, 0.1) is 11.3 Å². The molecular weight excluding hydrogens is 336 g/mol. The van der Waals surface area contributed by atoms with Crippen LogP contribution in [-0.4, -0.2) is 21.8 Å². The van der Waals surface area contributed by atoms with Gasteiger partial charge in [0, 0.05) is 11.5 Å². The fourth-order valence-corrected chi connectivity index (χ4v) is 1.92. The Labute approximate surface area is 130 Å². The van der Waals surface area contributed by atoms with Crippen molar-refractivity contribution >= 4 is 27.7 Å². The summed E-state index contributed by atoms with van der Waals surface area (Å²) in [6.07, 6.45) is 0.697. The van der Waals surface area contributed by atoms with Crippen LogP contribution < -0.4 is 10.1 Å². The molecular formula is C14H13BrN4O2. The van der Waals surface area contributed by atoms with Crippen molar-refractivity contribution in [2.24, 2.45) is 7.05 Å². The molecule has 1 N–H and O–H groups in total. The van der Waals surface area contributed by atoms with Gasteiger partial charge in [0.1, 0.15) is 23.2 Å². The number of amides is 1. The van der Waals surface area contributed by atoms with E-state index in [1.165, 1.54) is 10.9 Å². The van der Waals surface area contributed by atoms with Crippen molar-refractivity contribution in [3.8, 4) is 11.8 Å². The van der Waals surface area contributed by atoms with Crippen molar-refractivity contribution in [1.82, 2.24) is 9.78 Å². The Balaban J connectivity index is 2.04. The van der Waals surface area contributed by atoms with E-state index in [1.54, 1.807) is 26.1 Å². The number of carbonyl (C=O) groups excluding carboxylic acids is 1. The number of benzene rings is 1. The Hall–Kier alpha value is -2.33. The highest BCUT2D eigenvalue weighted by Crippen LogP contribution is 2.18. The summed E-state index contributed by atoms with van der Waals surface area (Å²) in [7, 11) is 1.65. The molecule has 0 spiro atoms. The molecule has 1 unspecified atom stereocenters. The molecule has 1 atom stereocenters. The highest BCUT2D eigenvalue weighted by molar-refractivity contribution is 9.10. The molecule has 0 saturated carbocycles. The third kappa shape index (κ3) is 3.61. The van der Waals surface area contributed by atoms with Crippen LogP contribution in [0.25, 0.3) is 0 Å². The first-order valence-corrected chi connectivity index (χ1v) is 6.95. The van der Waals surface area contributed by atoms with Crippen LogP contribution in [0.15, 0.2) is 34.9 Å². The Morgan fingerprint density at radius 1 is 1.48 bits per heavy atom. The summed E-state index contributed by atoms with van der Waals surface area (Å²) in [5.74, 6) is 0.595. The Bertz CT molecular complexity index is 688. The number of nitrogens with zero attached hydrogens (tertiary/aromatic N) is 3. The first-order chi connectivity index (χ1) is 10.0. The molecule has 0 saturated heterocycles. The first-order valence-electron chi connectivity index (χ1n) is 6.16. The molecule has 1 amide bonds. The molecule has 6 nitrogen and oxygen atoms in total. The fraction of sp³-hybridized carbons (Fsp3) is 0.214. The molecule has 0 radical (unpaired) electrons. The van der Waals surface area contributed by atoms with Gasteiger partial charge in [0.05, 0.1) is 6.20 Å². The third-order valence-electron chi connectivity index (χ3n) is 2.80. The van der Waals surface area contributed by atoms with Crippen LogP contribution in [0.4, 0.5) is 5.82 Å². The third-order valence-corrected chi connectivity index (χ3v) is 3.33. The van der Waals surface area contributed by atoms with Gasteiger partial charge in [0.25, 0.3) is 5.91 Å². The van der Waals surface area contributed by atoms with Crippen molar-refractivity contribution in [3.63, 3.8) is 0 Å².